The Bertz CT molecular complexity index is 315. The van der Waals surface area contributed by atoms with E-state index in [1.807, 2.05) is 6.07 Å². The molecule has 0 fully saturated rings. The van der Waals surface area contributed by atoms with E-state index >= 15 is 0 Å². The summed E-state index contributed by atoms with van der Waals surface area (Å²) in [5, 5.41) is 8.44. The third-order valence-corrected chi connectivity index (χ3v) is 1.60. The minimum atomic E-state index is -0.348. The van der Waals surface area contributed by atoms with Crippen molar-refractivity contribution < 1.29 is 4.39 Å². The molecule has 1 aromatic rings. The van der Waals surface area contributed by atoms with Gasteiger partial charge in [-0.1, -0.05) is 6.07 Å². The maximum Gasteiger partial charge on any atom is 0.127 e. The van der Waals surface area contributed by atoms with Crippen molar-refractivity contribution in [2.45, 2.75) is 6.42 Å². The molecular formula is C9H9FN2. The Morgan fingerprint density at radius 1 is 1.50 bits per heavy atom. The van der Waals surface area contributed by atoms with Gasteiger partial charge in [0.15, 0.2) is 0 Å². The maximum atomic E-state index is 13.0. The molecule has 0 saturated carbocycles. The van der Waals surface area contributed by atoms with Crippen LogP contribution in [-0.4, -0.2) is 6.54 Å². The van der Waals surface area contributed by atoms with E-state index in [1.165, 1.54) is 6.07 Å². The SMILES string of the molecule is N#Cc1ccc(CCN)c(F)c1. The van der Waals surface area contributed by atoms with Gasteiger partial charge in [0.1, 0.15) is 5.82 Å². The van der Waals surface area contributed by atoms with Crippen LogP contribution in [0.3, 0.4) is 0 Å². The maximum absolute atomic E-state index is 13.0. The number of benzene rings is 1. The Hall–Kier alpha value is -1.40. The van der Waals surface area contributed by atoms with Crippen LogP contribution in [0.25, 0.3) is 0 Å². The van der Waals surface area contributed by atoms with E-state index in [2.05, 4.69) is 0 Å². The first-order valence-electron chi connectivity index (χ1n) is 3.66. The predicted octanol–water partition coefficient (Wildman–Crippen LogP) is 1.20. The second kappa shape index (κ2) is 3.84. The molecule has 0 unspecified atom stereocenters. The molecule has 0 amide bonds. The van der Waals surface area contributed by atoms with Gasteiger partial charge in [0, 0.05) is 0 Å². The molecule has 0 heterocycles. The summed E-state index contributed by atoms with van der Waals surface area (Å²) in [6.07, 6.45) is 0.511. The van der Waals surface area contributed by atoms with Gasteiger partial charge >= 0.3 is 0 Å². The van der Waals surface area contributed by atoms with E-state index in [1.54, 1.807) is 12.1 Å². The molecule has 0 bridgehead atoms. The van der Waals surface area contributed by atoms with Crippen molar-refractivity contribution in [1.82, 2.24) is 0 Å². The normalized spacial score (nSPS) is 9.42. The molecule has 12 heavy (non-hydrogen) atoms. The zero-order valence-corrected chi connectivity index (χ0v) is 6.55. The van der Waals surface area contributed by atoms with Crippen LogP contribution >= 0.6 is 0 Å². The number of nitrogens with zero attached hydrogens (tertiary/aromatic N) is 1. The summed E-state index contributed by atoms with van der Waals surface area (Å²) in [6.45, 7) is 0.419. The van der Waals surface area contributed by atoms with Gasteiger partial charge in [0.25, 0.3) is 0 Å². The monoisotopic (exact) mass is 164 g/mol. The number of nitrogens with two attached hydrogens (primary N) is 1. The average Bonchev–Trinajstić information content (AvgIpc) is 2.09. The number of rotatable bonds is 2. The molecule has 62 valence electrons. The van der Waals surface area contributed by atoms with E-state index in [0.29, 0.717) is 24.1 Å². The Labute approximate surface area is 70.4 Å². The van der Waals surface area contributed by atoms with Crippen LogP contribution in [0.4, 0.5) is 4.39 Å². The summed E-state index contributed by atoms with van der Waals surface area (Å²) in [5.74, 6) is -0.348. The van der Waals surface area contributed by atoms with E-state index in [-0.39, 0.29) is 5.82 Å². The highest BCUT2D eigenvalue weighted by molar-refractivity contribution is 5.32. The van der Waals surface area contributed by atoms with Crippen LogP contribution in [0.15, 0.2) is 18.2 Å². The molecule has 2 N–H and O–H groups in total. The molecule has 0 spiro atoms. The average molecular weight is 164 g/mol. The summed E-state index contributed by atoms with van der Waals surface area (Å²) in [4.78, 5) is 0. The Kier molecular flexibility index (Phi) is 2.78. The summed E-state index contributed by atoms with van der Waals surface area (Å²) < 4.78 is 13.0. The molecule has 3 heteroatoms. The van der Waals surface area contributed by atoms with E-state index in [0.717, 1.165) is 0 Å². The molecule has 0 aliphatic rings. The Morgan fingerprint density at radius 2 is 2.25 bits per heavy atom. The van der Waals surface area contributed by atoms with Crippen LogP contribution in [0.1, 0.15) is 11.1 Å². The number of hydrogen-bond donors (Lipinski definition) is 1. The quantitative estimate of drug-likeness (QED) is 0.714. The summed E-state index contributed by atoms with van der Waals surface area (Å²) >= 11 is 0. The molecule has 0 aliphatic heterocycles. The van der Waals surface area contributed by atoms with Crippen molar-refractivity contribution >= 4 is 0 Å². The first-order chi connectivity index (χ1) is 5.77. The van der Waals surface area contributed by atoms with Crippen molar-refractivity contribution in [3.8, 4) is 6.07 Å². The van der Waals surface area contributed by atoms with Gasteiger partial charge in [-0.2, -0.15) is 5.26 Å². The lowest BCUT2D eigenvalue weighted by atomic mass is 10.1. The minimum Gasteiger partial charge on any atom is -0.330 e. The highest BCUT2D eigenvalue weighted by Crippen LogP contribution is 2.09. The van der Waals surface area contributed by atoms with Gasteiger partial charge in [-0.05, 0) is 30.7 Å². The smallest absolute Gasteiger partial charge is 0.127 e. The summed E-state index contributed by atoms with van der Waals surface area (Å²) in [6, 6.07) is 6.28. The fourth-order valence-corrected chi connectivity index (χ4v) is 0.975. The lowest BCUT2D eigenvalue weighted by Gasteiger charge is -1.99. The Balaban J connectivity index is 2.97. The van der Waals surface area contributed by atoms with Gasteiger partial charge in [-0.15, -0.1) is 0 Å². The molecule has 0 radical (unpaired) electrons. The second-order valence-electron chi connectivity index (χ2n) is 2.46. The largest absolute Gasteiger partial charge is 0.330 e. The Morgan fingerprint density at radius 3 is 2.75 bits per heavy atom. The molecular weight excluding hydrogens is 155 g/mol. The molecule has 1 rings (SSSR count). The zero-order valence-electron chi connectivity index (χ0n) is 6.55. The van der Waals surface area contributed by atoms with Gasteiger partial charge in [0.05, 0.1) is 11.6 Å². The fourth-order valence-electron chi connectivity index (χ4n) is 0.975. The van der Waals surface area contributed by atoms with E-state index < -0.39 is 0 Å². The van der Waals surface area contributed by atoms with Gasteiger partial charge in [-0.3, -0.25) is 0 Å². The lowest BCUT2D eigenvalue weighted by molar-refractivity contribution is 0.609. The van der Waals surface area contributed by atoms with E-state index in [4.69, 9.17) is 11.0 Å². The topological polar surface area (TPSA) is 49.8 Å². The van der Waals surface area contributed by atoms with Crippen LogP contribution in [0.2, 0.25) is 0 Å². The second-order valence-corrected chi connectivity index (χ2v) is 2.46. The first kappa shape index (κ1) is 8.69. The van der Waals surface area contributed by atoms with E-state index in [9.17, 15) is 4.39 Å². The molecule has 0 saturated heterocycles. The summed E-state index contributed by atoms with van der Waals surface area (Å²) in [5.41, 5.74) is 6.18. The third-order valence-electron chi connectivity index (χ3n) is 1.60. The molecule has 0 aliphatic carbocycles. The first-order valence-corrected chi connectivity index (χ1v) is 3.66. The highest BCUT2D eigenvalue weighted by atomic mass is 19.1. The van der Waals surface area contributed by atoms with Crippen LogP contribution in [0, 0.1) is 17.1 Å². The number of halogens is 1. The van der Waals surface area contributed by atoms with Gasteiger partial charge in [-0.25, -0.2) is 4.39 Å². The van der Waals surface area contributed by atoms with Crippen LogP contribution in [0.5, 0.6) is 0 Å². The predicted molar refractivity (Wildman–Crippen MR) is 43.9 cm³/mol. The van der Waals surface area contributed by atoms with Crippen molar-refractivity contribution in [2.75, 3.05) is 6.54 Å². The molecule has 2 nitrogen and oxygen atoms in total. The number of nitriles is 1. The van der Waals surface area contributed by atoms with Crippen molar-refractivity contribution in [2.24, 2.45) is 5.73 Å². The van der Waals surface area contributed by atoms with Crippen molar-refractivity contribution in [1.29, 1.82) is 5.26 Å². The molecule has 0 atom stereocenters. The number of hydrogen-bond acceptors (Lipinski definition) is 2. The highest BCUT2D eigenvalue weighted by Gasteiger charge is 2.01. The lowest BCUT2D eigenvalue weighted by Crippen LogP contribution is -2.04. The molecule has 1 aromatic carbocycles. The van der Waals surface area contributed by atoms with Crippen molar-refractivity contribution in [3.63, 3.8) is 0 Å². The van der Waals surface area contributed by atoms with Gasteiger partial charge < -0.3 is 5.73 Å². The van der Waals surface area contributed by atoms with Gasteiger partial charge in [0.2, 0.25) is 0 Å². The standard InChI is InChI=1S/C9H9FN2/c10-9-5-7(6-12)1-2-8(9)3-4-11/h1-2,5H,3-4,11H2. The zero-order chi connectivity index (χ0) is 8.97. The minimum absolute atomic E-state index is 0.341. The molecule has 0 aromatic heterocycles. The third kappa shape index (κ3) is 1.80. The van der Waals surface area contributed by atoms with Crippen molar-refractivity contribution in [3.05, 3.63) is 35.1 Å². The fraction of sp³-hybridized carbons (Fsp3) is 0.222. The summed E-state index contributed by atoms with van der Waals surface area (Å²) in [7, 11) is 0. The van der Waals surface area contributed by atoms with Crippen LogP contribution in [-0.2, 0) is 6.42 Å². The van der Waals surface area contributed by atoms with Crippen LogP contribution < -0.4 is 5.73 Å².